The molecule has 0 spiro atoms. The molecule has 84 valence electrons. The average molecular weight is 285 g/mol. The normalized spacial score (nSPS) is 10.7. The van der Waals surface area contributed by atoms with Crippen molar-refractivity contribution < 1.29 is 4.39 Å². The Balaban J connectivity index is 2.38. The summed E-state index contributed by atoms with van der Waals surface area (Å²) in [6.07, 6.45) is 1.76. The van der Waals surface area contributed by atoms with Crippen molar-refractivity contribution in [1.29, 1.82) is 0 Å². The lowest BCUT2D eigenvalue weighted by molar-refractivity contribution is 0.624. The first-order valence-electron chi connectivity index (χ1n) is 4.72. The van der Waals surface area contributed by atoms with Gasteiger partial charge < -0.3 is 5.32 Å². The van der Waals surface area contributed by atoms with Crippen LogP contribution in [0.1, 0.15) is 5.69 Å². The van der Waals surface area contributed by atoms with Crippen molar-refractivity contribution in [2.75, 3.05) is 7.05 Å². The summed E-state index contributed by atoms with van der Waals surface area (Å²) in [6.45, 7) is 0.632. The van der Waals surface area contributed by atoms with Crippen molar-refractivity contribution in [2.45, 2.75) is 6.54 Å². The molecular weight excluding hydrogens is 275 g/mol. The zero-order valence-corrected chi connectivity index (χ0v) is 10.2. The molecule has 4 nitrogen and oxygen atoms in total. The molecule has 0 aliphatic carbocycles. The van der Waals surface area contributed by atoms with E-state index in [0.717, 1.165) is 10.2 Å². The Morgan fingerprint density at radius 3 is 3.06 bits per heavy atom. The van der Waals surface area contributed by atoms with Crippen LogP contribution < -0.4 is 5.32 Å². The summed E-state index contributed by atoms with van der Waals surface area (Å²) in [5.74, 6) is -0.302. The number of hydrogen-bond donors (Lipinski definition) is 1. The molecule has 1 heterocycles. The molecule has 0 atom stereocenters. The van der Waals surface area contributed by atoms with Gasteiger partial charge in [0.1, 0.15) is 5.82 Å². The Kier molecular flexibility index (Phi) is 3.31. The van der Waals surface area contributed by atoms with E-state index in [1.54, 1.807) is 16.9 Å². The Morgan fingerprint density at radius 1 is 1.50 bits per heavy atom. The zero-order chi connectivity index (χ0) is 11.5. The molecule has 0 bridgehead atoms. The van der Waals surface area contributed by atoms with Crippen molar-refractivity contribution in [3.05, 3.63) is 40.4 Å². The van der Waals surface area contributed by atoms with Gasteiger partial charge in [-0.1, -0.05) is 5.21 Å². The molecule has 0 fully saturated rings. The van der Waals surface area contributed by atoms with Gasteiger partial charge in [-0.15, -0.1) is 5.10 Å². The fourth-order valence-corrected chi connectivity index (χ4v) is 1.77. The summed E-state index contributed by atoms with van der Waals surface area (Å²) in [4.78, 5) is 0. The molecule has 0 saturated heterocycles. The molecule has 2 rings (SSSR count). The predicted octanol–water partition coefficient (Wildman–Crippen LogP) is 1.89. The molecule has 0 aliphatic heterocycles. The predicted molar refractivity (Wildman–Crippen MR) is 61.8 cm³/mol. The van der Waals surface area contributed by atoms with Crippen LogP contribution in [0.5, 0.6) is 0 Å². The average Bonchev–Trinajstić information content (AvgIpc) is 2.71. The second kappa shape index (κ2) is 4.71. The molecule has 0 amide bonds. The van der Waals surface area contributed by atoms with E-state index in [1.807, 2.05) is 7.05 Å². The molecule has 6 heteroatoms. The number of hydrogen-bond acceptors (Lipinski definition) is 3. The third kappa shape index (κ3) is 2.28. The quantitative estimate of drug-likeness (QED) is 0.936. The van der Waals surface area contributed by atoms with Gasteiger partial charge in [0.15, 0.2) is 0 Å². The van der Waals surface area contributed by atoms with Crippen LogP contribution in [0, 0.1) is 5.82 Å². The lowest BCUT2D eigenvalue weighted by Gasteiger charge is -2.02. The zero-order valence-electron chi connectivity index (χ0n) is 8.61. The van der Waals surface area contributed by atoms with Crippen molar-refractivity contribution in [3.8, 4) is 5.69 Å². The van der Waals surface area contributed by atoms with Crippen molar-refractivity contribution in [1.82, 2.24) is 20.3 Å². The lowest BCUT2D eigenvalue weighted by Crippen LogP contribution is -2.05. The summed E-state index contributed by atoms with van der Waals surface area (Å²) in [5.41, 5.74) is 1.44. The number of nitrogens with zero attached hydrogens (tertiary/aromatic N) is 3. The Hall–Kier alpha value is -1.27. The molecule has 16 heavy (non-hydrogen) atoms. The number of benzene rings is 1. The number of rotatable bonds is 3. The van der Waals surface area contributed by atoms with Crippen LogP contribution in [-0.2, 0) is 6.54 Å². The standard InChI is InChI=1S/C10H10BrFN4/c1-13-5-8-6-16(15-14-8)10-4-7(12)2-3-9(10)11/h2-4,6,13H,5H2,1H3. The van der Waals surface area contributed by atoms with Gasteiger partial charge in [-0.3, -0.25) is 0 Å². The molecule has 1 N–H and O–H groups in total. The SMILES string of the molecule is CNCc1cn(-c2cc(F)ccc2Br)nn1. The summed E-state index contributed by atoms with van der Waals surface area (Å²) in [5, 5.41) is 10.9. The van der Waals surface area contributed by atoms with Gasteiger partial charge >= 0.3 is 0 Å². The maximum atomic E-state index is 13.1. The minimum atomic E-state index is -0.302. The highest BCUT2D eigenvalue weighted by Gasteiger charge is 2.06. The highest BCUT2D eigenvalue weighted by molar-refractivity contribution is 9.10. The Bertz CT molecular complexity index is 497. The third-order valence-electron chi connectivity index (χ3n) is 2.05. The van der Waals surface area contributed by atoms with Crippen molar-refractivity contribution >= 4 is 15.9 Å². The minimum Gasteiger partial charge on any atom is -0.314 e. The third-order valence-corrected chi connectivity index (χ3v) is 2.72. The maximum Gasteiger partial charge on any atom is 0.125 e. The van der Waals surface area contributed by atoms with E-state index in [0.29, 0.717) is 12.2 Å². The molecule has 1 aromatic heterocycles. The van der Waals surface area contributed by atoms with Crippen molar-refractivity contribution in [3.63, 3.8) is 0 Å². The lowest BCUT2D eigenvalue weighted by atomic mass is 10.3. The maximum absolute atomic E-state index is 13.1. The van der Waals surface area contributed by atoms with Gasteiger partial charge in [-0.2, -0.15) is 0 Å². The summed E-state index contributed by atoms with van der Waals surface area (Å²) >= 11 is 3.34. The monoisotopic (exact) mass is 284 g/mol. The highest BCUT2D eigenvalue weighted by atomic mass is 79.9. The van der Waals surface area contributed by atoms with Gasteiger partial charge in [0.25, 0.3) is 0 Å². The molecule has 0 aliphatic rings. The summed E-state index contributed by atoms with van der Waals surface area (Å²) in [6, 6.07) is 4.44. The minimum absolute atomic E-state index is 0.302. The smallest absolute Gasteiger partial charge is 0.125 e. The molecule has 0 saturated carbocycles. The number of halogens is 2. The second-order valence-electron chi connectivity index (χ2n) is 3.28. The van der Waals surface area contributed by atoms with E-state index in [2.05, 4.69) is 31.6 Å². The van der Waals surface area contributed by atoms with E-state index < -0.39 is 0 Å². The largest absolute Gasteiger partial charge is 0.314 e. The van der Waals surface area contributed by atoms with Gasteiger partial charge in [0.2, 0.25) is 0 Å². The van der Waals surface area contributed by atoms with E-state index in [4.69, 9.17) is 0 Å². The summed E-state index contributed by atoms with van der Waals surface area (Å²) in [7, 11) is 1.83. The van der Waals surface area contributed by atoms with Crippen LogP contribution in [0.2, 0.25) is 0 Å². The molecule has 0 unspecified atom stereocenters. The van der Waals surface area contributed by atoms with Gasteiger partial charge in [0, 0.05) is 17.1 Å². The molecule has 1 aromatic carbocycles. The molecule has 2 aromatic rings. The van der Waals surface area contributed by atoms with Crippen molar-refractivity contribution in [2.24, 2.45) is 0 Å². The Morgan fingerprint density at radius 2 is 2.31 bits per heavy atom. The van der Waals surface area contributed by atoms with Crippen LogP contribution in [0.15, 0.2) is 28.9 Å². The molecule has 0 radical (unpaired) electrons. The van der Waals surface area contributed by atoms with E-state index in [-0.39, 0.29) is 5.82 Å². The van der Waals surface area contributed by atoms with Gasteiger partial charge in [-0.25, -0.2) is 9.07 Å². The highest BCUT2D eigenvalue weighted by Crippen LogP contribution is 2.21. The van der Waals surface area contributed by atoms with Crippen LogP contribution in [0.25, 0.3) is 5.69 Å². The number of nitrogens with one attached hydrogen (secondary N) is 1. The fourth-order valence-electron chi connectivity index (χ4n) is 1.34. The van der Waals surface area contributed by atoms with Crippen LogP contribution in [0.4, 0.5) is 4.39 Å². The van der Waals surface area contributed by atoms with Crippen LogP contribution in [-0.4, -0.2) is 22.0 Å². The van der Waals surface area contributed by atoms with Gasteiger partial charge in [-0.05, 0) is 35.1 Å². The number of aromatic nitrogens is 3. The van der Waals surface area contributed by atoms with Gasteiger partial charge in [0.05, 0.1) is 17.6 Å². The second-order valence-corrected chi connectivity index (χ2v) is 4.13. The summed E-state index contributed by atoms with van der Waals surface area (Å²) < 4.78 is 15.4. The topological polar surface area (TPSA) is 42.7 Å². The first kappa shape index (κ1) is 11.2. The van der Waals surface area contributed by atoms with E-state index in [9.17, 15) is 4.39 Å². The molecular formula is C10H10BrFN4. The van der Waals surface area contributed by atoms with E-state index in [1.165, 1.54) is 12.1 Å². The fraction of sp³-hybridized carbons (Fsp3) is 0.200. The first-order valence-corrected chi connectivity index (χ1v) is 5.51. The van der Waals surface area contributed by atoms with E-state index >= 15 is 0 Å². The Labute approximate surface area is 101 Å². The van der Waals surface area contributed by atoms with Crippen LogP contribution in [0.3, 0.4) is 0 Å². The van der Waals surface area contributed by atoms with Crippen LogP contribution >= 0.6 is 15.9 Å². The first-order chi connectivity index (χ1) is 7.70.